The second-order valence-electron chi connectivity index (χ2n) is 5.05. The number of rotatable bonds is 4. The van der Waals surface area contributed by atoms with Crippen molar-refractivity contribution in [3.8, 4) is 0 Å². The van der Waals surface area contributed by atoms with Gasteiger partial charge in [0.05, 0.1) is 12.1 Å². The van der Waals surface area contributed by atoms with E-state index in [1.807, 2.05) is 28.8 Å². The van der Waals surface area contributed by atoms with Crippen LogP contribution in [0.25, 0.3) is 5.65 Å². The fourth-order valence-electron chi connectivity index (χ4n) is 2.25. The quantitative estimate of drug-likeness (QED) is 0.673. The molecule has 0 aromatic carbocycles. The minimum absolute atomic E-state index is 0.0147. The zero-order valence-corrected chi connectivity index (χ0v) is 12.3. The predicted octanol–water partition coefficient (Wildman–Crippen LogP) is 0.305. The second-order valence-corrected chi connectivity index (χ2v) is 5.05. The highest BCUT2D eigenvalue weighted by atomic mass is 16.5. The Morgan fingerprint density at radius 2 is 2.13 bits per heavy atom. The normalized spacial score (nSPS) is 10.8. The molecule has 0 unspecified atom stereocenters. The summed E-state index contributed by atoms with van der Waals surface area (Å²) in [4.78, 5) is 43.5. The van der Waals surface area contributed by atoms with Gasteiger partial charge in [0.1, 0.15) is 12.3 Å². The van der Waals surface area contributed by atoms with Gasteiger partial charge in [-0.2, -0.15) is 0 Å². The maximum Gasteiger partial charge on any atom is 0.325 e. The number of carbonyl (C=O) groups excluding carboxylic acids is 1. The third-order valence-electron chi connectivity index (χ3n) is 3.37. The molecule has 0 aliphatic heterocycles. The molecule has 8 nitrogen and oxygen atoms in total. The number of nitrogens with one attached hydrogen (secondary N) is 2. The van der Waals surface area contributed by atoms with E-state index in [-0.39, 0.29) is 18.6 Å². The van der Waals surface area contributed by atoms with E-state index in [1.54, 1.807) is 13.1 Å². The molecule has 3 aromatic heterocycles. The third-order valence-corrected chi connectivity index (χ3v) is 3.37. The van der Waals surface area contributed by atoms with E-state index in [1.165, 1.54) is 0 Å². The summed E-state index contributed by atoms with van der Waals surface area (Å²) in [7, 11) is 0. The number of fused-ring (bicyclic) bond motifs is 1. The zero-order valence-electron chi connectivity index (χ0n) is 12.3. The average molecular weight is 314 g/mol. The second kappa shape index (κ2) is 5.91. The molecule has 0 spiro atoms. The van der Waals surface area contributed by atoms with Gasteiger partial charge in [-0.15, -0.1) is 0 Å². The van der Waals surface area contributed by atoms with Crippen LogP contribution in [-0.2, 0) is 22.6 Å². The molecule has 3 heterocycles. The minimum Gasteiger partial charge on any atom is -0.459 e. The van der Waals surface area contributed by atoms with Crippen LogP contribution in [-0.4, -0.2) is 25.3 Å². The summed E-state index contributed by atoms with van der Waals surface area (Å²) in [6.45, 7) is 1.57. The van der Waals surface area contributed by atoms with E-state index in [0.717, 1.165) is 5.65 Å². The number of nitrogens with zero attached hydrogens (tertiary/aromatic N) is 2. The molecule has 0 saturated carbocycles. The maximum absolute atomic E-state index is 11.9. The summed E-state index contributed by atoms with van der Waals surface area (Å²) in [5.74, 6) is -0.567. The van der Waals surface area contributed by atoms with E-state index in [4.69, 9.17) is 4.74 Å². The largest absolute Gasteiger partial charge is 0.459 e. The van der Waals surface area contributed by atoms with Crippen molar-refractivity contribution in [1.82, 2.24) is 19.4 Å². The number of imidazole rings is 1. The highest BCUT2D eigenvalue weighted by Crippen LogP contribution is 2.06. The van der Waals surface area contributed by atoms with Crippen molar-refractivity contribution in [2.75, 3.05) is 0 Å². The molecule has 0 aliphatic carbocycles. The molecule has 3 aromatic rings. The number of hydrogen-bond acceptors (Lipinski definition) is 5. The molecular weight excluding hydrogens is 300 g/mol. The predicted molar refractivity (Wildman–Crippen MR) is 81.1 cm³/mol. The lowest BCUT2D eigenvalue weighted by Gasteiger charge is -2.04. The van der Waals surface area contributed by atoms with Crippen LogP contribution in [0.5, 0.6) is 0 Å². The summed E-state index contributed by atoms with van der Waals surface area (Å²) in [5.41, 5.74) is 0.710. The first kappa shape index (κ1) is 14.8. The molecule has 23 heavy (non-hydrogen) atoms. The monoisotopic (exact) mass is 314 g/mol. The minimum atomic E-state index is -0.602. The van der Waals surface area contributed by atoms with Gasteiger partial charge in [0.25, 0.3) is 5.56 Å². The number of aromatic nitrogens is 4. The Morgan fingerprint density at radius 1 is 1.30 bits per heavy atom. The van der Waals surface area contributed by atoms with E-state index in [9.17, 15) is 14.4 Å². The molecule has 0 radical (unpaired) electrons. The Bertz CT molecular complexity index is 950. The van der Waals surface area contributed by atoms with Gasteiger partial charge < -0.3 is 14.1 Å². The number of hydrogen-bond donors (Lipinski definition) is 2. The molecule has 8 heteroatoms. The van der Waals surface area contributed by atoms with Crippen molar-refractivity contribution < 1.29 is 9.53 Å². The van der Waals surface area contributed by atoms with Crippen LogP contribution in [0, 0.1) is 6.92 Å². The fourth-order valence-corrected chi connectivity index (χ4v) is 2.25. The van der Waals surface area contributed by atoms with Crippen molar-refractivity contribution in [1.29, 1.82) is 0 Å². The summed E-state index contributed by atoms with van der Waals surface area (Å²) in [6, 6.07) is 5.58. The first-order valence-electron chi connectivity index (χ1n) is 6.93. The number of pyridine rings is 1. The van der Waals surface area contributed by atoms with Gasteiger partial charge in [-0.1, -0.05) is 6.07 Å². The lowest BCUT2D eigenvalue weighted by atomic mass is 10.2. The molecule has 2 N–H and O–H groups in total. The molecule has 0 atom stereocenters. The van der Waals surface area contributed by atoms with E-state index >= 15 is 0 Å². The number of H-pyrrole nitrogens is 2. The maximum atomic E-state index is 11.9. The van der Waals surface area contributed by atoms with Gasteiger partial charge in [0.15, 0.2) is 0 Å². The Hall–Kier alpha value is -3.16. The molecular formula is C15H14N4O4. The summed E-state index contributed by atoms with van der Waals surface area (Å²) in [5, 5.41) is 0. The van der Waals surface area contributed by atoms with Crippen molar-refractivity contribution in [3.05, 3.63) is 68.4 Å². The van der Waals surface area contributed by atoms with Crippen LogP contribution in [0.4, 0.5) is 0 Å². The van der Waals surface area contributed by atoms with Crippen LogP contribution in [0.3, 0.4) is 0 Å². The molecule has 0 amide bonds. The highest BCUT2D eigenvalue weighted by molar-refractivity contribution is 5.72. The number of aryl methyl sites for hydroxylation is 1. The zero-order chi connectivity index (χ0) is 16.4. The van der Waals surface area contributed by atoms with Gasteiger partial charge in [-0.25, -0.2) is 9.78 Å². The van der Waals surface area contributed by atoms with Crippen LogP contribution < -0.4 is 11.2 Å². The highest BCUT2D eigenvalue weighted by Gasteiger charge is 2.13. The summed E-state index contributed by atoms with van der Waals surface area (Å²) < 4.78 is 6.96. The molecule has 0 bridgehead atoms. The van der Waals surface area contributed by atoms with E-state index < -0.39 is 17.2 Å². The van der Waals surface area contributed by atoms with E-state index in [0.29, 0.717) is 11.4 Å². The van der Waals surface area contributed by atoms with Crippen LogP contribution in [0.1, 0.15) is 17.0 Å². The average Bonchev–Trinajstić information content (AvgIpc) is 2.91. The van der Waals surface area contributed by atoms with E-state index in [2.05, 4.69) is 15.0 Å². The van der Waals surface area contributed by atoms with Crippen LogP contribution >= 0.6 is 0 Å². The van der Waals surface area contributed by atoms with Crippen molar-refractivity contribution in [2.24, 2.45) is 0 Å². The first-order valence-corrected chi connectivity index (χ1v) is 6.93. The Labute approximate surface area is 129 Å². The molecule has 0 fully saturated rings. The third kappa shape index (κ3) is 3.20. The van der Waals surface area contributed by atoms with Crippen LogP contribution in [0.15, 0.2) is 40.2 Å². The Balaban J connectivity index is 1.68. The standard InChI is InChI=1S/C15H14N4O4/c1-9-11(14(21)18-15(22)16-9)6-13(20)23-8-10-7-19-5-3-2-4-12(19)17-10/h2-5,7H,6,8H2,1H3,(H2,16,18,21,22). The lowest BCUT2D eigenvalue weighted by Crippen LogP contribution is -2.28. The van der Waals surface area contributed by atoms with Crippen molar-refractivity contribution >= 4 is 11.6 Å². The van der Waals surface area contributed by atoms with Gasteiger partial charge in [-0.3, -0.25) is 14.6 Å². The molecule has 0 saturated heterocycles. The number of esters is 1. The smallest absolute Gasteiger partial charge is 0.325 e. The molecule has 118 valence electrons. The van der Waals surface area contributed by atoms with Gasteiger partial charge in [0, 0.05) is 23.7 Å². The first-order chi connectivity index (χ1) is 11.0. The van der Waals surface area contributed by atoms with Gasteiger partial charge in [-0.05, 0) is 19.1 Å². The van der Waals surface area contributed by atoms with Crippen LogP contribution in [0.2, 0.25) is 0 Å². The summed E-state index contributed by atoms with van der Waals surface area (Å²) in [6.07, 6.45) is 3.39. The van der Waals surface area contributed by atoms with Gasteiger partial charge >= 0.3 is 11.7 Å². The lowest BCUT2D eigenvalue weighted by molar-refractivity contribution is -0.144. The molecule has 0 aliphatic rings. The number of aromatic amines is 2. The van der Waals surface area contributed by atoms with Gasteiger partial charge in [0.2, 0.25) is 0 Å². The topological polar surface area (TPSA) is 109 Å². The Morgan fingerprint density at radius 3 is 2.87 bits per heavy atom. The Kier molecular flexibility index (Phi) is 3.80. The number of ether oxygens (including phenoxy) is 1. The fraction of sp³-hybridized carbons (Fsp3) is 0.200. The summed E-state index contributed by atoms with van der Waals surface area (Å²) >= 11 is 0. The van der Waals surface area contributed by atoms with Crippen molar-refractivity contribution in [2.45, 2.75) is 20.0 Å². The number of carbonyl (C=O) groups is 1. The SMILES string of the molecule is Cc1[nH]c(=O)[nH]c(=O)c1CC(=O)OCc1cn2ccccc2n1. The molecule has 3 rings (SSSR count). The van der Waals surface area contributed by atoms with Crippen molar-refractivity contribution in [3.63, 3.8) is 0 Å².